The molecule has 0 aliphatic carbocycles. The second-order valence-electron chi connectivity index (χ2n) is 7.04. The fourth-order valence-corrected chi connectivity index (χ4v) is 3.40. The number of hydrogen-bond donors (Lipinski definition) is 1. The quantitative estimate of drug-likeness (QED) is 0.375. The number of nitrogens with one attached hydrogen (secondary N) is 1. The highest BCUT2D eigenvalue weighted by Gasteiger charge is 2.15. The molecule has 1 amide bonds. The number of carbonyl (C=O) groups excluding carboxylic acids is 2. The molecule has 0 aliphatic rings. The number of nitriles is 1. The van der Waals surface area contributed by atoms with Gasteiger partial charge in [0.05, 0.1) is 12.7 Å². The van der Waals surface area contributed by atoms with E-state index in [1.54, 1.807) is 24.3 Å². The van der Waals surface area contributed by atoms with Crippen LogP contribution in [-0.4, -0.2) is 23.6 Å². The Bertz CT molecular complexity index is 1180. The zero-order valence-corrected chi connectivity index (χ0v) is 17.7. The van der Waals surface area contributed by atoms with Crippen LogP contribution in [0.5, 0.6) is 0 Å². The van der Waals surface area contributed by atoms with Crippen molar-refractivity contribution >= 4 is 18.0 Å². The minimum atomic E-state index is -0.427. The molecule has 156 valence electrons. The molecule has 0 bridgehead atoms. The summed E-state index contributed by atoms with van der Waals surface area (Å²) in [6.07, 6.45) is 1.59. The summed E-state index contributed by atoms with van der Waals surface area (Å²) >= 11 is 0. The molecule has 1 N–H and O–H groups in total. The van der Waals surface area contributed by atoms with Gasteiger partial charge in [0.25, 0.3) is 5.91 Å². The van der Waals surface area contributed by atoms with E-state index in [4.69, 9.17) is 4.74 Å². The molecule has 0 saturated heterocycles. The maximum atomic E-state index is 12.5. The third kappa shape index (κ3) is 4.90. The Labute approximate surface area is 181 Å². The van der Waals surface area contributed by atoms with Crippen molar-refractivity contribution in [1.82, 2.24) is 9.88 Å². The molecule has 0 atom stereocenters. The molecule has 3 aromatic rings. The maximum absolute atomic E-state index is 12.5. The Hall–Kier alpha value is -4.11. The molecule has 1 aromatic heterocycles. The summed E-state index contributed by atoms with van der Waals surface area (Å²) < 4.78 is 6.77. The number of amides is 1. The fraction of sp³-hybridized carbons (Fsp3) is 0.160. The van der Waals surface area contributed by atoms with E-state index in [0.29, 0.717) is 12.1 Å². The van der Waals surface area contributed by atoms with Gasteiger partial charge >= 0.3 is 5.97 Å². The maximum Gasteiger partial charge on any atom is 0.337 e. The van der Waals surface area contributed by atoms with Crippen molar-refractivity contribution in [3.05, 3.63) is 94.3 Å². The van der Waals surface area contributed by atoms with E-state index < -0.39 is 11.9 Å². The number of aromatic nitrogens is 1. The first-order chi connectivity index (χ1) is 14.9. The van der Waals surface area contributed by atoms with E-state index in [-0.39, 0.29) is 5.57 Å². The Kier molecular flexibility index (Phi) is 6.68. The molecule has 2 aromatic carbocycles. The lowest BCUT2D eigenvalue weighted by Crippen LogP contribution is -2.23. The first-order valence-electron chi connectivity index (χ1n) is 9.76. The zero-order chi connectivity index (χ0) is 22.4. The topological polar surface area (TPSA) is 84.1 Å². The summed E-state index contributed by atoms with van der Waals surface area (Å²) in [5.74, 6) is -0.838. The molecule has 0 saturated carbocycles. The monoisotopic (exact) mass is 413 g/mol. The van der Waals surface area contributed by atoms with Gasteiger partial charge in [-0.2, -0.15) is 5.26 Å². The number of benzene rings is 2. The second kappa shape index (κ2) is 9.59. The third-order valence-electron chi connectivity index (χ3n) is 4.96. The highest BCUT2D eigenvalue weighted by atomic mass is 16.5. The lowest BCUT2D eigenvalue weighted by Gasteiger charge is -2.11. The van der Waals surface area contributed by atoms with Crippen LogP contribution in [0.25, 0.3) is 11.8 Å². The van der Waals surface area contributed by atoms with Gasteiger partial charge in [-0.3, -0.25) is 4.79 Å². The number of methoxy groups -OCH3 is 1. The van der Waals surface area contributed by atoms with E-state index in [1.807, 2.05) is 66.9 Å². The van der Waals surface area contributed by atoms with E-state index in [9.17, 15) is 14.9 Å². The summed E-state index contributed by atoms with van der Waals surface area (Å²) in [6.45, 7) is 4.18. The number of carbonyl (C=O) groups is 2. The van der Waals surface area contributed by atoms with E-state index in [2.05, 4.69) is 5.32 Å². The molecule has 0 unspecified atom stereocenters. The number of hydrogen-bond acceptors (Lipinski definition) is 4. The number of aryl methyl sites for hydroxylation is 1. The molecule has 0 aliphatic heterocycles. The van der Waals surface area contributed by atoms with E-state index >= 15 is 0 Å². The van der Waals surface area contributed by atoms with Crippen LogP contribution in [0.15, 0.2) is 66.2 Å². The molecule has 0 radical (unpaired) electrons. The average molecular weight is 413 g/mol. The van der Waals surface area contributed by atoms with Crippen molar-refractivity contribution < 1.29 is 14.3 Å². The Balaban J connectivity index is 1.88. The standard InChI is InChI=1S/C25H23N3O3/c1-17-12-21(13-22(15-26)24(29)27-16-19-8-5-4-6-9-19)18(2)28(17)23-11-7-10-20(14-23)25(30)31-3/h4-14H,16H2,1-3H3,(H,27,29)/b22-13-. The van der Waals surface area contributed by atoms with E-state index in [1.165, 1.54) is 7.11 Å². The van der Waals surface area contributed by atoms with Gasteiger partial charge in [-0.05, 0) is 55.3 Å². The van der Waals surface area contributed by atoms with Crippen LogP contribution in [0.4, 0.5) is 0 Å². The number of nitrogens with zero attached hydrogens (tertiary/aromatic N) is 2. The van der Waals surface area contributed by atoms with Crippen molar-refractivity contribution in [2.75, 3.05) is 7.11 Å². The minimum Gasteiger partial charge on any atom is -0.465 e. The second-order valence-corrected chi connectivity index (χ2v) is 7.04. The Morgan fingerprint density at radius 1 is 1.10 bits per heavy atom. The highest BCUT2D eigenvalue weighted by Crippen LogP contribution is 2.23. The van der Waals surface area contributed by atoms with Gasteiger partial charge in [-0.25, -0.2) is 4.79 Å². The summed E-state index contributed by atoms with van der Waals surface area (Å²) in [6, 6.07) is 20.5. The van der Waals surface area contributed by atoms with Crippen molar-refractivity contribution in [3.8, 4) is 11.8 Å². The van der Waals surface area contributed by atoms with Gasteiger partial charge in [0.15, 0.2) is 0 Å². The average Bonchev–Trinajstić information content (AvgIpc) is 3.08. The van der Waals surface area contributed by atoms with Crippen molar-refractivity contribution in [3.63, 3.8) is 0 Å². The summed E-state index contributed by atoms with van der Waals surface area (Å²) in [5, 5.41) is 12.3. The Morgan fingerprint density at radius 2 is 1.84 bits per heavy atom. The van der Waals surface area contributed by atoms with Crippen LogP contribution in [0.2, 0.25) is 0 Å². The molecule has 6 heteroatoms. The molecule has 3 rings (SSSR count). The Morgan fingerprint density at radius 3 is 2.52 bits per heavy atom. The molecular formula is C25H23N3O3. The number of rotatable bonds is 6. The van der Waals surface area contributed by atoms with Crippen LogP contribution in [0.3, 0.4) is 0 Å². The van der Waals surface area contributed by atoms with Gasteiger partial charge in [-0.1, -0.05) is 36.4 Å². The van der Waals surface area contributed by atoms with Gasteiger partial charge in [0, 0.05) is 23.6 Å². The summed E-state index contributed by atoms with van der Waals surface area (Å²) in [5.41, 5.74) is 4.74. The van der Waals surface area contributed by atoms with Gasteiger partial charge in [-0.15, -0.1) is 0 Å². The lowest BCUT2D eigenvalue weighted by molar-refractivity contribution is -0.117. The van der Waals surface area contributed by atoms with Gasteiger partial charge in [0.2, 0.25) is 0 Å². The van der Waals surface area contributed by atoms with E-state index in [0.717, 1.165) is 28.2 Å². The predicted octanol–water partition coefficient (Wildman–Crippen LogP) is 4.10. The van der Waals surface area contributed by atoms with Crippen LogP contribution >= 0.6 is 0 Å². The molecule has 31 heavy (non-hydrogen) atoms. The molecular weight excluding hydrogens is 390 g/mol. The molecule has 0 spiro atoms. The summed E-state index contributed by atoms with van der Waals surface area (Å²) in [4.78, 5) is 24.4. The highest BCUT2D eigenvalue weighted by molar-refractivity contribution is 6.01. The first kappa shape index (κ1) is 21.6. The number of ether oxygens (including phenoxy) is 1. The summed E-state index contributed by atoms with van der Waals surface area (Å²) in [7, 11) is 1.34. The van der Waals surface area contributed by atoms with Gasteiger partial charge < -0.3 is 14.6 Å². The fourth-order valence-electron chi connectivity index (χ4n) is 3.40. The van der Waals surface area contributed by atoms with Crippen molar-refractivity contribution in [1.29, 1.82) is 5.26 Å². The lowest BCUT2D eigenvalue weighted by atomic mass is 10.1. The minimum absolute atomic E-state index is 0.0273. The largest absolute Gasteiger partial charge is 0.465 e. The van der Waals surface area contributed by atoms with Crippen molar-refractivity contribution in [2.45, 2.75) is 20.4 Å². The SMILES string of the molecule is COC(=O)c1cccc(-n2c(C)cc(/C=C(/C#N)C(=O)NCc3ccccc3)c2C)c1. The molecule has 1 heterocycles. The van der Waals surface area contributed by atoms with Crippen molar-refractivity contribution in [2.24, 2.45) is 0 Å². The molecule has 6 nitrogen and oxygen atoms in total. The van der Waals surface area contributed by atoms with Crippen LogP contribution < -0.4 is 5.32 Å². The predicted molar refractivity (Wildman–Crippen MR) is 118 cm³/mol. The number of esters is 1. The zero-order valence-electron chi connectivity index (χ0n) is 17.7. The van der Waals surface area contributed by atoms with Gasteiger partial charge in [0.1, 0.15) is 11.6 Å². The van der Waals surface area contributed by atoms with Crippen LogP contribution in [-0.2, 0) is 16.1 Å². The van der Waals surface area contributed by atoms with Crippen LogP contribution in [0, 0.1) is 25.2 Å². The normalized spacial score (nSPS) is 11.0. The first-order valence-corrected chi connectivity index (χ1v) is 9.76. The smallest absolute Gasteiger partial charge is 0.337 e. The third-order valence-corrected chi connectivity index (χ3v) is 4.96. The van der Waals surface area contributed by atoms with Crippen LogP contribution in [0.1, 0.15) is 32.9 Å². The molecule has 0 fully saturated rings.